The van der Waals surface area contributed by atoms with Crippen LogP contribution in [-0.4, -0.2) is 18.7 Å². The highest BCUT2D eigenvalue weighted by Gasteiger charge is 2.24. The maximum atomic E-state index is 10.7. The first kappa shape index (κ1) is 7.01. The van der Waals surface area contributed by atoms with E-state index in [1.165, 1.54) is 0 Å². The molecule has 1 rings (SSSR count). The zero-order chi connectivity index (χ0) is 6.69. The van der Waals surface area contributed by atoms with Crippen molar-refractivity contribution in [2.75, 3.05) is 12.8 Å². The van der Waals surface area contributed by atoms with Gasteiger partial charge in [0.25, 0.3) is 0 Å². The summed E-state index contributed by atoms with van der Waals surface area (Å²) >= 11 is 0. The zero-order valence-corrected chi connectivity index (χ0v) is 6.45. The quantitative estimate of drug-likeness (QED) is 0.425. The number of hydrogen-bond acceptors (Lipinski definition) is 2. The molecule has 1 aliphatic heterocycles. The molecule has 0 saturated carbocycles. The number of ether oxygens (including phenoxy) is 1. The lowest BCUT2D eigenvalue weighted by Gasteiger charge is -1.99. The van der Waals surface area contributed by atoms with Crippen LogP contribution in [0, 0.1) is 5.92 Å². The second-order valence-electron chi connectivity index (χ2n) is 2.23. The van der Waals surface area contributed by atoms with Gasteiger partial charge in [0.05, 0.1) is 12.5 Å². The van der Waals surface area contributed by atoms with Crippen molar-refractivity contribution < 1.29 is 9.53 Å². The van der Waals surface area contributed by atoms with Gasteiger partial charge in [0.2, 0.25) is 0 Å². The summed E-state index contributed by atoms with van der Waals surface area (Å²) in [6.07, 6.45) is 2.89. The molecule has 9 heavy (non-hydrogen) atoms. The zero-order valence-electron chi connectivity index (χ0n) is 5.30. The van der Waals surface area contributed by atoms with Crippen molar-refractivity contribution in [1.82, 2.24) is 0 Å². The molecule has 2 atom stereocenters. The molecule has 0 N–H and O–H groups in total. The van der Waals surface area contributed by atoms with E-state index >= 15 is 0 Å². The van der Waals surface area contributed by atoms with Crippen molar-refractivity contribution in [3.8, 4) is 0 Å². The summed E-state index contributed by atoms with van der Waals surface area (Å²) in [5.41, 5.74) is 0. The molecule has 0 aliphatic carbocycles. The average molecular weight is 146 g/mol. The standard InChI is InChI=1S/C6H11O2P/c7-6-5(2-4-9)1-3-8-6/h5H,1-4,9H2/t5-/m0/s1. The highest BCUT2D eigenvalue weighted by molar-refractivity contribution is 7.16. The van der Waals surface area contributed by atoms with E-state index in [9.17, 15) is 4.79 Å². The molecule has 1 heterocycles. The molecule has 0 amide bonds. The molecule has 1 saturated heterocycles. The van der Waals surface area contributed by atoms with E-state index in [0.717, 1.165) is 19.0 Å². The van der Waals surface area contributed by atoms with E-state index in [2.05, 4.69) is 9.24 Å². The number of esters is 1. The minimum absolute atomic E-state index is 0.00236. The van der Waals surface area contributed by atoms with Crippen LogP contribution < -0.4 is 0 Å². The molecule has 0 aromatic rings. The Morgan fingerprint density at radius 3 is 3.00 bits per heavy atom. The molecule has 0 aromatic heterocycles. The van der Waals surface area contributed by atoms with Crippen LogP contribution in [0.3, 0.4) is 0 Å². The average Bonchev–Trinajstić information content (AvgIpc) is 2.18. The van der Waals surface area contributed by atoms with Crippen molar-refractivity contribution in [2.45, 2.75) is 12.8 Å². The van der Waals surface area contributed by atoms with E-state index in [1.54, 1.807) is 0 Å². The van der Waals surface area contributed by atoms with Crippen LogP contribution in [0.5, 0.6) is 0 Å². The first-order valence-electron chi connectivity index (χ1n) is 3.21. The van der Waals surface area contributed by atoms with Crippen molar-refractivity contribution in [3.63, 3.8) is 0 Å². The first-order valence-corrected chi connectivity index (χ1v) is 4.03. The van der Waals surface area contributed by atoms with Crippen LogP contribution in [0.2, 0.25) is 0 Å². The second kappa shape index (κ2) is 3.17. The van der Waals surface area contributed by atoms with Crippen LogP contribution in [-0.2, 0) is 9.53 Å². The molecule has 2 nitrogen and oxygen atoms in total. The van der Waals surface area contributed by atoms with Gasteiger partial charge >= 0.3 is 5.97 Å². The van der Waals surface area contributed by atoms with Crippen LogP contribution in [0.1, 0.15) is 12.8 Å². The lowest BCUT2D eigenvalue weighted by Crippen LogP contribution is -2.07. The minimum Gasteiger partial charge on any atom is -0.465 e. The fraction of sp³-hybridized carbons (Fsp3) is 0.833. The molecule has 1 fully saturated rings. The summed E-state index contributed by atoms with van der Waals surface area (Å²) in [7, 11) is 2.62. The number of hydrogen-bond donors (Lipinski definition) is 0. The fourth-order valence-electron chi connectivity index (χ4n) is 1.00. The first-order chi connectivity index (χ1) is 4.34. The third-order valence-corrected chi connectivity index (χ3v) is 1.89. The summed E-state index contributed by atoms with van der Waals surface area (Å²) < 4.78 is 4.77. The van der Waals surface area contributed by atoms with Gasteiger partial charge in [-0.15, -0.1) is 9.24 Å². The van der Waals surface area contributed by atoms with Crippen molar-refractivity contribution in [1.29, 1.82) is 0 Å². The van der Waals surface area contributed by atoms with E-state index in [-0.39, 0.29) is 11.9 Å². The molecule has 52 valence electrons. The van der Waals surface area contributed by atoms with Crippen molar-refractivity contribution in [2.24, 2.45) is 5.92 Å². The molecule has 0 bridgehead atoms. The molecule has 0 spiro atoms. The van der Waals surface area contributed by atoms with Gasteiger partial charge in [-0.25, -0.2) is 0 Å². The van der Waals surface area contributed by atoms with Gasteiger partial charge in [-0.05, 0) is 19.0 Å². The van der Waals surface area contributed by atoms with Crippen LogP contribution >= 0.6 is 9.24 Å². The van der Waals surface area contributed by atoms with Crippen LogP contribution in [0.25, 0.3) is 0 Å². The predicted molar refractivity (Wildman–Crippen MR) is 38.3 cm³/mol. The Morgan fingerprint density at radius 2 is 2.56 bits per heavy atom. The lowest BCUT2D eigenvalue weighted by molar-refractivity contribution is -0.141. The highest BCUT2D eigenvalue weighted by Crippen LogP contribution is 2.18. The van der Waals surface area contributed by atoms with Gasteiger partial charge < -0.3 is 4.74 Å². The minimum atomic E-state index is -0.00236. The van der Waals surface area contributed by atoms with Gasteiger partial charge in [-0.1, -0.05) is 0 Å². The smallest absolute Gasteiger partial charge is 0.309 e. The summed E-state index contributed by atoms with van der Waals surface area (Å²) in [5, 5.41) is 0. The second-order valence-corrected chi connectivity index (χ2v) is 2.81. The van der Waals surface area contributed by atoms with Crippen molar-refractivity contribution >= 4 is 15.2 Å². The molecular formula is C6H11O2P. The van der Waals surface area contributed by atoms with Gasteiger partial charge in [-0.3, -0.25) is 4.79 Å². The molecule has 3 heteroatoms. The topological polar surface area (TPSA) is 26.3 Å². The normalized spacial score (nSPS) is 26.3. The van der Waals surface area contributed by atoms with E-state index in [0.29, 0.717) is 6.61 Å². The van der Waals surface area contributed by atoms with Crippen LogP contribution in [0.4, 0.5) is 0 Å². The monoisotopic (exact) mass is 146 g/mol. The van der Waals surface area contributed by atoms with E-state index in [4.69, 9.17) is 4.74 Å². The maximum absolute atomic E-state index is 10.7. The lowest BCUT2D eigenvalue weighted by atomic mass is 10.1. The number of cyclic esters (lactones) is 1. The maximum Gasteiger partial charge on any atom is 0.309 e. The third kappa shape index (κ3) is 1.65. The SMILES string of the molecule is O=C1OCC[C@H]1CCP. The Morgan fingerprint density at radius 1 is 1.78 bits per heavy atom. The van der Waals surface area contributed by atoms with Gasteiger partial charge in [-0.2, -0.15) is 0 Å². The Bertz CT molecular complexity index is 114. The van der Waals surface area contributed by atoms with E-state index in [1.807, 2.05) is 0 Å². The molecule has 0 radical (unpaired) electrons. The molecule has 1 aliphatic rings. The Hall–Kier alpha value is -0.100. The van der Waals surface area contributed by atoms with Gasteiger partial charge in [0, 0.05) is 0 Å². The summed E-state index contributed by atoms with van der Waals surface area (Å²) in [6, 6.07) is 0. The summed E-state index contributed by atoms with van der Waals surface area (Å²) in [5.74, 6) is 0.194. The summed E-state index contributed by atoms with van der Waals surface area (Å²) in [4.78, 5) is 10.7. The van der Waals surface area contributed by atoms with E-state index < -0.39 is 0 Å². The Kier molecular flexibility index (Phi) is 2.47. The number of rotatable bonds is 2. The highest BCUT2D eigenvalue weighted by atomic mass is 31.0. The van der Waals surface area contributed by atoms with Crippen molar-refractivity contribution in [3.05, 3.63) is 0 Å². The molecule has 0 aromatic carbocycles. The fourth-order valence-corrected chi connectivity index (χ4v) is 1.40. The third-order valence-electron chi connectivity index (χ3n) is 1.56. The molecule has 1 unspecified atom stereocenters. The number of carbonyl (C=O) groups excluding carboxylic acids is 1. The Labute approximate surface area is 57.2 Å². The molecular weight excluding hydrogens is 135 g/mol. The predicted octanol–water partition coefficient (Wildman–Crippen LogP) is 0.815. The van der Waals surface area contributed by atoms with Gasteiger partial charge in [0.1, 0.15) is 0 Å². The Balaban J connectivity index is 2.31. The number of carbonyl (C=O) groups is 1. The van der Waals surface area contributed by atoms with Crippen LogP contribution in [0.15, 0.2) is 0 Å². The largest absolute Gasteiger partial charge is 0.465 e. The summed E-state index contributed by atoms with van der Waals surface area (Å²) in [6.45, 7) is 0.633. The van der Waals surface area contributed by atoms with Gasteiger partial charge in [0.15, 0.2) is 0 Å².